The van der Waals surface area contributed by atoms with Crippen LogP contribution < -0.4 is 15.8 Å². The van der Waals surface area contributed by atoms with Crippen LogP contribution in [0.15, 0.2) is 48.5 Å². The van der Waals surface area contributed by atoms with Crippen LogP contribution >= 0.6 is 11.9 Å². The molecule has 2 aromatic carbocycles. The number of nitrogens with one attached hydrogen (secondary N) is 2. The Labute approximate surface area is 178 Å². The van der Waals surface area contributed by atoms with E-state index in [2.05, 4.69) is 34.3 Å². The lowest BCUT2D eigenvalue weighted by molar-refractivity contribution is -0.128. The van der Waals surface area contributed by atoms with Crippen molar-refractivity contribution in [2.45, 2.75) is 38.1 Å². The van der Waals surface area contributed by atoms with Gasteiger partial charge in [-0.25, -0.2) is 0 Å². The molecule has 6 heteroatoms. The van der Waals surface area contributed by atoms with E-state index in [0.29, 0.717) is 6.42 Å². The number of likely N-dealkylation sites (tertiary alicyclic amines) is 1. The SMILES string of the molecule is CSNc1ccc(C2CCNCC2)cc1.Nc1ccc(CN2CCCC2=O)cc1. The molecule has 2 fully saturated rings. The Morgan fingerprint density at radius 3 is 2.38 bits per heavy atom. The Balaban J connectivity index is 0.000000166. The fourth-order valence-electron chi connectivity index (χ4n) is 3.81. The van der Waals surface area contributed by atoms with Gasteiger partial charge in [0.05, 0.1) is 0 Å². The third kappa shape index (κ3) is 6.68. The van der Waals surface area contributed by atoms with Crippen LogP contribution in [-0.2, 0) is 11.3 Å². The van der Waals surface area contributed by atoms with E-state index in [1.54, 1.807) is 11.9 Å². The van der Waals surface area contributed by atoms with Gasteiger partial charge in [0, 0.05) is 37.1 Å². The summed E-state index contributed by atoms with van der Waals surface area (Å²) in [5.74, 6) is 1.02. The van der Waals surface area contributed by atoms with Crippen molar-refractivity contribution in [2.24, 2.45) is 0 Å². The smallest absolute Gasteiger partial charge is 0.222 e. The highest BCUT2D eigenvalue weighted by Crippen LogP contribution is 2.26. The number of benzene rings is 2. The van der Waals surface area contributed by atoms with Crippen LogP contribution in [-0.4, -0.2) is 36.7 Å². The predicted molar refractivity (Wildman–Crippen MR) is 124 cm³/mol. The molecule has 29 heavy (non-hydrogen) atoms. The fourth-order valence-corrected chi connectivity index (χ4v) is 4.18. The maximum Gasteiger partial charge on any atom is 0.222 e. The number of rotatable bonds is 5. The summed E-state index contributed by atoms with van der Waals surface area (Å²) in [6.45, 7) is 3.94. The average Bonchev–Trinajstić information content (AvgIpc) is 3.16. The maximum atomic E-state index is 11.3. The Bertz CT molecular complexity index is 757. The number of hydrogen-bond donors (Lipinski definition) is 3. The van der Waals surface area contributed by atoms with E-state index in [4.69, 9.17) is 5.73 Å². The summed E-state index contributed by atoms with van der Waals surface area (Å²) in [5, 5.41) is 3.40. The quantitative estimate of drug-likeness (QED) is 0.506. The molecule has 2 aliphatic heterocycles. The monoisotopic (exact) mass is 412 g/mol. The van der Waals surface area contributed by atoms with Crippen molar-refractivity contribution in [2.75, 3.05) is 36.3 Å². The lowest BCUT2D eigenvalue weighted by atomic mass is 9.90. The van der Waals surface area contributed by atoms with Gasteiger partial charge in [-0.2, -0.15) is 0 Å². The lowest BCUT2D eigenvalue weighted by Gasteiger charge is -2.23. The van der Waals surface area contributed by atoms with Crippen LogP contribution in [0, 0.1) is 0 Å². The van der Waals surface area contributed by atoms with Gasteiger partial charge < -0.3 is 20.7 Å². The standard InChI is InChI=1S/C12H18N2S.C11H14N2O/c1-15-14-12-4-2-10(3-5-12)11-6-8-13-9-7-11;12-10-5-3-9(4-6-10)8-13-7-1-2-11(13)14/h2-5,11,13-14H,6-9H2,1H3;3-6H,1-2,7-8,12H2. The molecular weight excluding hydrogens is 380 g/mol. The lowest BCUT2D eigenvalue weighted by Crippen LogP contribution is -2.26. The highest BCUT2D eigenvalue weighted by atomic mass is 32.2. The fraction of sp³-hybridized carbons (Fsp3) is 0.435. The number of carbonyl (C=O) groups is 1. The Morgan fingerprint density at radius 2 is 1.79 bits per heavy atom. The van der Waals surface area contributed by atoms with Crippen molar-refractivity contribution < 1.29 is 4.79 Å². The zero-order valence-electron chi connectivity index (χ0n) is 17.2. The van der Waals surface area contributed by atoms with Crippen LogP contribution in [0.3, 0.4) is 0 Å². The first-order valence-electron chi connectivity index (χ1n) is 10.4. The first-order chi connectivity index (χ1) is 14.2. The van der Waals surface area contributed by atoms with Gasteiger partial charge in [0.2, 0.25) is 5.91 Å². The second-order valence-corrected chi connectivity index (χ2v) is 8.23. The summed E-state index contributed by atoms with van der Waals surface area (Å²) < 4.78 is 3.24. The maximum absolute atomic E-state index is 11.3. The largest absolute Gasteiger partial charge is 0.399 e. The summed E-state index contributed by atoms with van der Waals surface area (Å²) in [5.41, 5.74) is 10.2. The minimum absolute atomic E-state index is 0.266. The second kappa shape index (κ2) is 11.1. The number of hydrogen-bond acceptors (Lipinski definition) is 5. The van der Waals surface area contributed by atoms with Crippen LogP contribution in [0.5, 0.6) is 0 Å². The summed E-state index contributed by atoms with van der Waals surface area (Å²) in [6.07, 6.45) is 6.29. The summed E-state index contributed by atoms with van der Waals surface area (Å²) in [6, 6.07) is 16.6. The van der Waals surface area contributed by atoms with Crippen LogP contribution in [0.25, 0.3) is 0 Å². The molecule has 5 nitrogen and oxygen atoms in total. The minimum Gasteiger partial charge on any atom is -0.399 e. The van der Waals surface area contributed by atoms with Gasteiger partial charge >= 0.3 is 0 Å². The summed E-state index contributed by atoms with van der Waals surface area (Å²) >= 11 is 1.64. The average molecular weight is 413 g/mol. The highest BCUT2D eigenvalue weighted by molar-refractivity contribution is 7.99. The van der Waals surface area contributed by atoms with Gasteiger partial charge in [-0.15, -0.1) is 0 Å². The van der Waals surface area contributed by atoms with Crippen LogP contribution in [0.4, 0.5) is 11.4 Å². The number of nitrogens with zero attached hydrogens (tertiary/aromatic N) is 1. The molecular formula is C23H32N4OS. The van der Waals surface area contributed by atoms with Gasteiger partial charge in [0.15, 0.2) is 0 Å². The molecule has 0 radical (unpaired) electrons. The van der Waals surface area contributed by atoms with Crippen LogP contribution in [0.2, 0.25) is 0 Å². The Kier molecular flexibility index (Phi) is 8.25. The minimum atomic E-state index is 0.266. The molecule has 156 valence electrons. The number of nitrogen functional groups attached to an aromatic ring is 1. The molecule has 2 aromatic rings. The van der Waals surface area contributed by atoms with Gasteiger partial charge in [-0.05, 0) is 73.7 Å². The van der Waals surface area contributed by atoms with Crippen molar-refractivity contribution in [3.8, 4) is 0 Å². The van der Waals surface area contributed by atoms with Crippen molar-refractivity contribution in [3.05, 3.63) is 59.7 Å². The highest BCUT2D eigenvalue weighted by Gasteiger charge is 2.19. The zero-order valence-corrected chi connectivity index (χ0v) is 18.0. The van der Waals surface area contributed by atoms with E-state index in [9.17, 15) is 4.79 Å². The molecule has 0 atom stereocenters. The number of piperidine rings is 1. The molecule has 0 aromatic heterocycles. The van der Waals surface area contributed by atoms with E-state index >= 15 is 0 Å². The van der Waals surface area contributed by atoms with E-state index in [1.807, 2.05) is 35.4 Å². The molecule has 0 aliphatic carbocycles. The first-order valence-corrected chi connectivity index (χ1v) is 11.6. The second-order valence-electron chi connectivity index (χ2n) is 7.61. The topological polar surface area (TPSA) is 70.4 Å². The molecule has 0 unspecified atom stereocenters. The molecule has 2 heterocycles. The third-order valence-corrected chi connectivity index (χ3v) is 5.91. The van der Waals surface area contributed by atoms with Gasteiger partial charge in [-0.3, -0.25) is 4.79 Å². The molecule has 2 aliphatic rings. The zero-order chi connectivity index (χ0) is 20.5. The predicted octanol–water partition coefficient (Wildman–Crippen LogP) is 4.23. The van der Waals surface area contributed by atoms with E-state index in [0.717, 1.165) is 49.8 Å². The molecule has 1 amide bonds. The van der Waals surface area contributed by atoms with Crippen molar-refractivity contribution in [1.82, 2.24) is 10.2 Å². The number of anilines is 2. The van der Waals surface area contributed by atoms with Crippen molar-refractivity contribution >= 4 is 29.2 Å². The summed E-state index contributed by atoms with van der Waals surface area (Å²) in [7, 11) is 0. The number of amides is 1. The van der Waals surface area contributed by atoms with Crippen LogP contribution in [0.1, 0.15) is 42.7 Å². The Morgan fingerprint density at radius 1 is 1.10 bits per heavy atom. The Hall–Kier alpha value is -2.18. The van der Waals surface area contributed by atoms with Gasteiger partial charge in [0.25, 0.3) is 0 Å². The normalized spacial score (nSPS) is 17.0. The van der Waals surface area contributed by atoms with Gasteiger partial charge in [-0.1, -0.05) is 36.2 Å². The van der Waals surface area contributed by atoms with Gasteiger partial charge in [0.1, 0.15) is 0 Å². The van der Waals surface area contributed by atoms with Crippen molar-refractivity contribution in [3.63, 3.8) is 0 Å². The molecule has 2 saturated heterocycles. The molecule has 0 spiro atoms. The van der Waals surface area contributed by atoms with E-state index in [1.165, 1.54) is 24.1 Å². The number of nitrogens with two attached hydrogens (primary N) is 1. The molecule has 0 saturated carbocycles. The van der Waals surface area contributed by atoms with Crippen molar-refractivity contribution in [1.29, 1.82) is 0 Å². The van der Waals surface area contributed by atoms with E-state index < -0.39 is 0 Å². The molecule has 4 rings (SSSR count). The number of carbonyl (C=O) groups excluding carboxylic acids is 1. The first kappa shape index (κ1) is 21.5. The third-order valence-electron chi connectivity index (χ3n) is 5.47. The summed E-state index contributed by atoms with van der Waals surface area (Å²) in [4.78, 5) is 13.2. The van der Waals surface area contributed by atoms with E-state index in [-0.39, 0.29) is 5.91 Å². The molecule has 0 bridgehead atoms. The molecule has 4 N–H and O–H groups in total.